The maximum atomic E-state index is 3.52. The molecule has 84 valence electrons. The van der Waals surface area contributed by atoms with Gasteiger partial charge in [0.15, 0.2) is 0 Å². The Morgan fingerprint density at radius 2 is 1.79 bits per heavy atom. The fourth-order valence-electron chi connectivity index (χ4n) is 3.05. The molecule has 0 aromatic carbocycles. The summed E-state index contributed by atoms with van der Waals surface area (Å²) in [4.78, 5) is 2.79. The second kappa shape index (κ2) is 5.02. The first-order valence-electron chi connectivity index (χ1n) is 5.41. The van der Waals surface area contributed by atoms with Crippen molar-refractivity contribution in [2.45, 2.75) is 37.8 Å². The van der Waals surface area contributed by atoms with Crippen LogP contribution >= 0.6 is 24.8 Å². The van der Waals surface area contributed by atoms with Gasteiger partial charge in [-0.15, -0.1) is 24.8 Å². The van der Waals surface area contributed by atoms with Gasteiger partial charge in [0.2, 0.25) is 0 Å². The van der Waals surface area contributed by atoms with Crippen LogP contribution in [0, 0.1) is 5.92 Å². The predicted molar refractivity (Wildman–Crippen MR) is 63.6 cm³/mol. The molecule has 3 aliphatic rings. The molecule has 3 fully saturated rings. The predicted octanol–water partition coefficient (Wildman–Crippen LogP) is 1.68. The molecule has 2 saturated heterocycles. The van der Waals surface area contributed by atoms with Crippen LogP contribution in [0.3, 0.4) is 0 Å². The van der Waals surface area contributed by atoms with Gasteiger partial charge in [-0.3, -0.25) is 4.90 Å². The number of fused-ring (bicyclic) bond motifs is 1. The molecule has 2 aliphatic heterocycles. The molecule has 0 spiro atoms. The fraction of sp³-hybridized carbons (Fsp3) is 1.00. The minimum absolute atomic E-state index is 0. The molecule has 1 aliphatic carbocycles. The molecule has 3 rings (SSSR count). The van der Waals surface area contributed by atoms with Crippen molar-refractivity contribution in [2.75, 3.05) is 19.6 Å². The normalized spacial score (nSPS) is 36.9. The third kappa shape index (κ3) is 1.90. The minimum Gasteiger partial charge on any atom is -0.315 e. The van der Waals surface area contributed by atoms with Crippen LogP contribution in [-0.4, -0.2) is 36.6 Å². The standard InChI is InChI=1S/C10H18N2.2ClH/c1-2-9(3-1)12-5-4-8-6-11-7-10(8)12;;/h8-11H,1-7H2;2*1H/t8-,10+;;/m0../s1. The van der Waals surface area contributed by atoms with Gasteiger partial charge < -0.3 is 5.32 Å². The Morgan fingerprint density at radius 1 is 1.00 bits per heavy atom. The van der Waals surface area contributed by atoms with E-state index in [0.29, 0.717) is 0 Å². The summed E-state index contributed by atoms with van der Waals surface area (Å²) in [6.07, 6.45) is 5.88. The molecule has 0 unspecified atom stereocenters. The molecule has 0 aromatic rings. The lowest BCUT2D eigenvalue weighted by molar-refractivity contribution is 0.114. The smallest absolute Gasteiger partial charge is 0.0264 e. The van der Waals surface area contributed by atoms with Crippen molar-refractivity contribution >= 4 is 24.8 Å². The Bertz CT molecular complexity index is 185. The zero-order valence-corrected chi connectivity index (χ0v) is 10.1. The number of hydrogen-bond acceptors (Lipinski definition) is 2. The van der Waals surface area contributed by atoms with Crippen LogP contribution < -0.4 is 5.32 Å². The van der Waals surface area contributed by atoms with Gasteiger partial charge in [0.25, 0.3) is 0 Å². The van der Waals surface area contributed by atoms with Gasteiger partial charge in [0.1, 0.15) is 0 Å². The second-order valence-electron chi connectivity index (χ2n) is 4.60. The van der Waals surface area contributed by atoms with E-state index in [-0.39, 0.29) is 24.8 Å². The first kappa shape index (κ1) is 12.6. The van der Waals surface area contributed by atoms with Crippen molar-refractivity contribution in [1.82, 2.24) is 10.2 Å². The first-order chi connectivity index (χ1) is 5.95. The Labute approximate surface area is 98.6 Å². The lowest BCUT2D eigenvalue weighted by Crippen LogP contribution is -2.45. The lowest BCUT2D eigenvalue weighted by atomic mass is 9.90. The number of hydrogen-bond donors (Lipinski definition) is 1. The van der Waals surface area contributed by atoms with Crippen LogP contribution in [0.2, 0.25) is 0 Å². The maximum absolute atomic E-state index is 3.52. The van der Waals surface area contributed by atoms with Crippen LogP contribution in [0.25, 0.3) is 0 Å². The van der Waals surface area contributed by atoms with Gasteiger partial charge in [-0.25, -0.2) is 0 Å². The van der Waals surface area contributed by atoms with Gasteiger partial charge in [-0.1, -0.05) is 6.42 Å². The van der Waals surface area contributed by atoms with Crippen molar-refractivity contribution in [2.24, 2.45) is 5.92 Å². The van der Waals surface area contributed by atoms with Crippen LogP contribution in [0.5, 0.6) is 0 Å². The van der Waals surface area contributed by atoms with E-state index >= 15 is 0 Å². The summed E-state index contributed by atoms with van der Waals surface area (Å²) in [6.45, 7) is 3.94. The van der Waals surface area contributed by atoms with Gasteiger partial charge in [-0.05, 0) is 38.3 Å². The summed E-state index contributed by atoms with van der Waals surface area (Å²) in [5.74, 6) is 0.991. The summed E-state index contributed by atoms with van der Waals surface area (Å²) in [7, 11) is 0. The van der Waals surface area contributed by atoms with E-state index in [1.807, 2.05) is 0 Å². The van der Waals surface area contributed by atoms with Crippen LogP contribution in [0.4, 0.5) is 0 Å². The Morgan fingerprint density at radius 3 is 2.43 bits per heavy atom. The third-order valence-corrected chi connectivity index (χ3v) is 4.03. The number of likely N-dealkylation sites (tertiary alicyclic amines) is 1. The maximum Gasteiger partial charge on any atom is 0.0264 e. The fourth-order valence-corrected chi connectivity index (χ4v) is 3.05. The van der Waals surface area contributed by atoms with E-state index in [2.05, 4.69) is 10.2 Å². The number of nitrogens with zero attached hydrogens (tertiary/aromatic N) is 1. The molecule has 0 amide bonds. The Balaban J connectivity index is 0.000000490. The first-order valence-corrected chi connectivity index (χ1v) is 5.41. The molecule has 1 saturated carbocycles. The lowest BCUT2D eigenvalue weighted by Gasteiger charge is -2.38. The van der Waals surface area contributed by atoms with Gasteiger partial charge >= 0.3 is 0 Å². The summed E-state index contributed by atoms with van der Waals surface area (Å²) < 4.78 is 0. The van der Waals surface area contributed by atoms with Crippen molar-refractivity contribution in [3.8, 4) is 0 Å². The van der Waals surface area contributed by atoms with Crippen molar-refractivity contribution in [3.05, 3.63) is 0 Å². The molecule has 4 heteroatoms. The molecule has 1 N–H and O–H groups in total. The zero-order valence-electron chi connectivity index (χ0n) is 8.45. The van der Waals surface area contributed by atoms with Gasteiger partial charge in [-0.2, -0.15) is 0 Å². The van der Waals surface area contributed by atoms with E-state index in [4.69, 9.17) is 0 Å². The average Bonchev–Trinajstić information content (AvgIpc) is 2.48. The molecule has 2 heterocycles. The number of rotatable bonds is 1. The highest BCUT2D eigenvalue weighted by Crippen LogP contribution is 2.35. The molecule has 0 aromatic heterocycles. The Kier molecular flexibility index (Phi) is 4.51. The molecule has 2 nitrogen and oxygen atoms in total. The molecule has 14 heavy (non-hydrogen) atoms. The van der Waals surface area contributed by atoms with E-state index in [1.165, 1.54) is 45.3 Å². The summed E-state index contributed by atoms with van der Waals surface area (Å²) in [5.41, 5.74) is 0. The van der Waals surface area contributed by atoms with Gasteiger partial charge in [0.05, 0.1) is 0 Å². The molecule has 2 atom stereocenters. The highest BCUT2D eigenvalue weighted by atomic mass is 35.5. The van der Waals surface area contributed by atoms with Gasteiger partial charge in [0, 0.05) is 18.6 Å². The summed E-state index contributed by atoms with van der Waals surface area (Å²) in [6, 6.07) is 1.88. The third-order valence-electron chi connectivity index (χ3n) is 4.03. The summed E-state index contributed by atoms with van der Waals surface area (Å²) in [5, 5.41) is 3.52. The second-order valence-corrected chi connectivity index (χ2v) is 4.60. The number of halogens is 2. The topological polar surface area (TPSA) is 15.3 Å². The molecule has 0 radical (unpaired) electrons. The average molecular weight is 239 g/mol. The van der Waals surface area contributed by atoms with E-state index in [0.717, 1.165) is 18.0 Å². The SMILES string of the molecule is C1CC(N2CC[C@H]3CNC[C@H]32)C1.Cl.Cl. The van der Waals surface area contributed by atoms with E-state index in [9.17, 15) is 0 Å². The van der Waals surface area contributed by atoms with E-state index < -0.39 is 0 Å². The van der Waals surface area contributed by atoms with Crippen molar-refractivity contribution in [1.29, 1.82) is 0 Å². The quantitative estimate of drug-likeness (QED) is 0.748. The summed E-state index contributed by atoms with van der Waals surface area (Å²) >= 11 is 0. The Hall–Kier alpha value is 0.500. The minimum atomic E-state index is 0. The molecular weight excluding hydrogens is 219 g/mol. The van der Waals surface area contributed by atoms with Crippen LogP contribution in [-0.2, 0) is 0 Å². The zero-order chi connectivity index (χ0) is 7.97. The van der Waals surface area contributed by atoms with Crippen LogP contribution in [0.1, 0.15) is 25.7 Å². The monoisotopic (exact) mass is 238 g/mol. The van der Waals surface area contributed by atoms with Crippen molar-refractivity contribution in [3.63, 3.8) is 0 Å². The van der Waals surface area contributed by atoms with Crippen LogP contribution in [0.15, 0.2) is 0 Å². The van der Waals surface area contributed by atoms with E-state index in [1.54, 1.807) is 0 Å². The largest absolute Gasteiger partial charge is 0.315 e. The molecular formula is C10H20Cl2N2. The van der Waals surface area contributed by atoms with Crippen molar-refractivity contribution < 1.29 is 0 Å². The molecule has 0 bridgehead atoms. The highest BCUT2D eigenvalue weighted by molar-refractivity contribution is 5.85. The number of nitrogens with one attached hydrogen (secondary N) is 1. The highest BCUT2D eigenvalue weighted by Gasteiger charge is 2.41.